The average Bonchev–Trinajstić information content (AvgIpc) is 2.82. The van der Waals surface area contributed by atoms with Crippen molar-refractivity contribution in [2.24, 2.45) is 0 Å². The van der Waals surface area contributed by atoms with Crippen molar-refractivity contribution < 1.29 is 5.11 Å². The van der Waals surface area contributed by atoms with Gasteiger partial charge in [-0.05, 0) is 50.3 Å². The van der Waals surface area contributed by atoms with Gasteiger partial charge >= 0.3 is 0 Å². The summed E-state index contributed by atoms with van der Waals surface area (Å²) in [4.78, 5) is 6.78. The number of aromatic nitrogens is 1. The Hall–Kier alpha value is -1.19. The van der Waals surface area contributed by atoms with E-state index in [9.17, 15) is 5.11 Å². The number of aliphatic hydroxyl groups excluding tert-OH is 1. The van der Waals surface area contributed by atoms with E-state index in [-0.39, 0.29) is 0 Å². The summed E-state index contributed by atoms with van der Waals surface area (Å²) in [5, 5.41) is 10.4. The molecule has 1 N–H and O–H groups in total. The normalized spacial score (nSPS) is 16.3. The zero-order valence-corrected chi connectivity index (χ0v) is 11.3. The monoisotopic (exact) mass is 259 g/mol. The van der Waals surface area contributed by atoms with Gasteiger partial charge in [0.25, 0.3) is 0 Å². The first kappa shape index (κ1) is 11.9. The molecule has 0 aromatic carbocycles. The third-order valence-electron chi connectivity index (χ3n) is 3.54. The molecular weight excluding hydrogens is 242 g/mol. The summed E-state index contributed by atoms with van der Waals surface area (Å²) in [6, 6.07) is 6.10. The molecule has 0 aliphatic heterocycles. The van der Waals surface area contributed by atoms with Crippen LogP contribution in [0.2, 0.25) is 0 Å². The van der Waals surface area contributed by atoms with Gasteiger partial charge in [0.15, 0.2) is 0 Å². The van der Waals surface area contributed by atoms with Crippen molar-refractivity contribution in [2.75, 3.05) is 0 Å². The Labute approximate surface area is 111 Å². The van der Waals surface area contributed by atoms with E-state index < -0.39 is 6.10 Å². The van der Waals surface area contributed by atoms with E-state index in [1.165, 1.54) is 36.1 Å². The summed E-state index contributed by atoms with van der Waals surface area (Å²) in [5.41, 5.74) is 3.32. The van der Waals surface area contributed by atoms with Crippen molar-refractivity contribution in [2.45, 2.75) is 38.7 Å². The Balaban J connectivity index is 1.89. The van der Waals surface area contributed by atoms with Crippen LogP contribution < -0.4 is 0 Å². The minimum absolute atomic E-state index is 0.520. The van der Waals surface area contributed by atoms with Crippen LogP contribution in [0.25, 0.3) is 0 Å². The fourth-order valence-corrected chi connectivity index (χ4v) is 3.73. The predicted molar refractivity (Wildman–Crippen MR) is 74.0 cm³/mol. The molecule has 94 valence electrons. The second-order valence-electron chi connectivity index (χ2n) is 4.94. The number of nitrogens with zero attached hydrogens (tertiary/aromatic N) is 1. The van der Waals surface area contributed by atoms with Crippen LogP contribution in [0.5, 0.6) is 0 Å². The van der Waals surface area contributed by atoms with Crippen molar-refractivity contribution in [3.63, 3.8) is 0 Å². The number of thiophene rings is 1. The molecule has 3 rings (SSSR count). The molecule has 1 aliphatic rings. The summed E-state index contributed by atoms with van der Waals surface area (Å²) in [6.07, 6.45) is 6.18. The molecule has 18 heavy (non-hydrogen) atoms. The zero-order valence-electron chi connectivity index (χ0n) is 10.5. The van der Waals surface area contributed by atoms with Crippen LogP contribution in [0.4, 0.5) is 0 Å². The summed E-state index contributed by atoms with van der Waals surface area (Å²) >= 11 is 1.76. The van der Waals surface area contributed by atoms with Crippen LogP contribution in [-0.2, 0) is 12.8 Å². The van der Waals surface area contributed by atoms with Gasteiger partial charge in [0.05, 0.1) is 0 Å². The minimum atomic E-state index is -0.520. The molecule has 0 spiro atoms. The molecular formula is C15H17NOS. The highest BCUT2D eigenvalue weighted by Gasteiger charge is 2.18. The highest BCUT2D eigenvalue weighted by molar-refractivity contribution is 7.12. The summed E-state index contributed by atoms with van der Waals surface area (Å²) in [7, 11) is 0. The maximum absolute atomic E-state index is 10.4. The van der Waals surface area contributed by atoms with Crippen LogP contribution in [-0.4, -0.2) is 10.1 Å². The van der Waals surface area contributed by atoms with Gasteiger partial charge in [-0.2, -0.15) is 0 Å². The Kier molecular flexibility index (Phi) is 3.18. The summed E-state index contributed by atoms with van der Waals surface area (Å²) in [6.45, 7) is 1.96. The molecule has 1 aliphatic carbocycles. The quantitative estimate of drug-likeness (QED) is 0.896. The molecule has 1 atom stereocenters. The molecule has 0 fully saturated rings. The van der Waals surface area contributed by atoms with Gasteiger partial charge in [0, 0.05) is 27.2 Å². The fourth-order valence-electron chi connectivity index (χ4n) is 2.45. The minimum Gasteiger partial charge on any atom is -0.383 e. The third kappa shape index (κ3) is 2.20. The number of hydrogen-bond acceptors (Lipinski definition) is 3. The molecule has 0 saturated heterocycles. The van der Waals surface area contributed by atoms with Crippen LogP contribution in [0, 0.1) is 6.92 Å². The van der Waals surface area contributed by atoms with Crippen molar-refractivity contribution in [3.05, 3.63) is 51.0 Å². The van der Waals surface area contributed by atoms with Gasteiger partial charge in [-0.1, -0.05) is 6.07 Å². The van der Waals surface area contributed by atoms with Gasteiger partial charge in [-0.25, -0.2) is 0 Å². The van der Waals surface area contributed by atoms with E-state index in [0.717, 1.165) is 16.1 Å². The topological polar surface area (TPSA) is 33.1 Å². The molecule has 2 heterocycles. The maximum atomic E-state index is 10.4. The molecule has 0 radical (unpaired) electrons. The average molecular weight is 259 g/mol. The Bertz CT molecular complexity index is 521. The second-order valence-corrected chi connectivity index (χ2v) is 6.11. The van der Waals surface area contributed by atoms with Gasteiger partial charge in [0.2, 0.25) is 0 Å². The van der Waals surface area contributed by atoms with Crippen LogP contribution in [0.15, 0.2) is 24.4 Å². The predicted octanol–water partition coefficient (Wildman–Crippen LogP) is 3.41. The second kappa shape index (κ2) is 4.82. The van der Waals surface area contributed by atoms with E-state index in [4.69, 9.17) is 0 Å². The summed E-state index contributed by atoms with van der Waals surface area (Å²) in [5.74, 6) is 0. The highest BCUT2D eigenvalue weighted by Crippen LogP contribution is 2.35. The maximum Gasteiger partial charge on any atom is 0.115 e. The Morgan fingerprint density at radius 3 is 2.83 bits per heavy atom. The number of pyridine rings is 1. The molecule has 2 nitrogen and oxygen atoms in total. The number of aryl methyl sites for hydroxylation is 3. The lowest BCUT2D eigenvalue weighted by atomic mass is 9.98. The Morgan fingerprint density at radius 2 is 2.11 bits per heavy atom. The van der Waals surface area contributed by atoms with Crippen LogP contribution in [0.3, 0.4) is 0 Å². The first-order valence-electron chi connectivity index (χ1n) is 6.46. The van der Waals surface area contributed by atoms with E-state index in [1.807, 2.05) is 19.1 Å². The lowest BCUT2D eigenvalue weighted by Gasteiger charge is -2.08. The third-order valence-corrected chi connectivity index (χ3v) is 4.82. The number of aliphatic hydroxyl groups is 1. The number of fused-ring (bicyclic) bond motifs is 1. The van der Waals surface area contributed by atoms with Gasteiger partial charge in [-0.3, -0.25) is 4.98 Å². The smallest absolute Gasteiger partial charge is 0.115 e. The number of hydrogen-bond donors (Lipinski definition) is 1. The SMILES string of the molecule is Cc1ccc(C(O)c2cc3c(s2)CCCC3)cn1. The Morgan fingerprint density at radius 1 is 1.28 bits per heavy atom. The number of rotatable bonds is 2. The first-order valence-corrected chi connectivity index (χ1v) is 7.28. The van der Waals surface area contributed by atoms with Crippen LogP contribution in [0.1, 0.15) is 45.5 Å². The zero-order chi connectivity index (χ0) is 12.5. The molecule has 3 heteroatoms. The lowest BCUT2D eigenvalue weighted by Crippen LogP contribution is -1.98. The first-order chi connectivity index (χ1) is 8.74. The molecule has 0 bridgehead atoms. The molecule has 1 unspecified atom stereocenters. The molecule has 0 saturated carbocycles. The molecule has 2 aromatic heterocycles. The van der Waals surface area contributed by atoms with Gasteiger partial charge in [-0.15, -0.1) is 11.3 Å². The van der Waals surface area contributed by atoms with E-state index in [2.05, 4.69) is 11.1 Å². The fraction of sp³-hybridized carbons (Fsp3) is 0.400. The van der Waals surface area contributed by atoms with E-state index >= 15 is 0 Å². The van der Waals surface area contributed by atoms with Crippen molar-refractivity contribution in [3.8, 4) is 0 Å². The largest absolute Gasteiger partial charge is 0.383 e. The summed E-state index contributed by atoms with van der Waals surface area (Å²) < 4.78 is 0. The highest BCUT2D eigenvalue weighted by atomic mass is 32.1. The molecule has 0 amide bonds. The van der Waals surface area contributed by atoms with Gasteiger partial charge < -0.3 is 5.11 Å². The standard InChI is InChI=1S/C15H17NOS/c1-10-6-7-12(9-16-10)15(17)14-8-11-4-2-3-5-13(11)18-14/h6-9,15,17H,2-5H2,1H3. The van der Waals surface area contributed by atoms with Gasteiger partial charge in [0.1, 0.15) is 6.10 Å². The lowest BCUT2D eigenvalue weighted by molar-refractivity contribution is 0.223. The van der Waals surface area contributed by atoms with E-state index in [1.54, 1.807) is 17.5 Å². The van der Waals surface area contributed by atoms with Crippen molar-refractivity contribution in [1.82, 2.24) is 4.98 Å². The van der Waals surface area contributed by atoms with Crippen LogP contribution >= 0.6 is 11.3 Å². The van der Waals surface area contributed by atoms with Crippen molar-refractivity contribution >= 4 is 11.3 Å². The molecule has 2 aromatic rings. The van der Waals surface area contributed by atoms with Crippen molar-refractivity contribution in [1.29, 1.82) is 0 Å². The van der Waals surface area contributed by atoms with E-state index in [0.29, 0.717) is 0 Å².